The van der Waals surface area contributed by atoms with E-state index in [4.69, 9.17) is 9.47 Å². The molecule has 23 heavy (non-hydrogen) atoms. The number of aryl methyl sites for hydroxylation is 1. The number of rotatable bonds is 5. The molecule has 1 aromatic heterocycles. The number of fused-ring (bicyclic) bond motifs is 1. The number of ether oxygens (including phenoxy) is 2. The number of amides is 1. The summed E-state index contributed by atoms with van der Waals surface area (Å²) in [5.74, 6) is 1.45. The molecule has 3 rings (SSSR count). The summed E-state index contributed by atoms with van der Waals surface area (Å²) in [5.41, 5.74) is 1.01. The maximum Gasteiger partial charge on any atom is 0.226 e. The van der Waals surface area contributed by atoms with E-state index in [9.17, 15) is 4.79 Å². The topological polar surface area (TPSA) is 73.3 Å². The monoisotopic (exact) mass is 333 g/mol. The predicted molar refractivity (Wildman–Crippen MR) is 87.0 cm³/mol. The van der Waals surface area contributed by atoms with E-state index in [1.807, 2.05) is 25.1 Å². The molecule has 1 aliphatic rings. The molecule has 0 saturated heterocycles. The normalized spacial score (nSPS) is 16.3. The third-order valence-corrected chi connectivity index (χ3v) is 4.65. The third kappa shape index (κ3) is 3.79. The number of hydrogen-bond donors (Lipinski definition) is 1. The second-order valence-corrected chi connectivity index (χ2v) is 6.71. The van der Waals surface area contributed by atoms with Gasteiger partial charge in [-0.1, -0.05) is 0 Å². The van der Waals surface area contributed by atoms with Crippen molar-refractivity contribution < 1.29 is 14.3 Å². The van der Waals surface area contributed by atoms with Gasteiger partial charge in [0.05, 0.1) is 13.0 Å². The summed E-state index contributed by atoms with van der Waals surface area (Å²) in [7, 11) is 1.63. The molecule has 1 aromatic carbocycles. The average Bonchev–Trinajstić information content (AvgIpc) is 2.99. The second kappa shape index (κ2) is 6.95. The summed E-state index contributed by atoms with van der Waals surface area (Å²) >= 11 is 1.56. The molecular formula is C16H19N3O3S. The largest absolute Gasteiger partial charge is 0.497 e. The van der Waals surface area contributed by atoms with Crippen molar-refractivity contribution in [3.8, 4) is 11.5 Å². The van der Waals surface area contributed by atoms with Crippen molar-refractivity contribution in [2.75, 3.05) is 20.3 Å². The fraction of sp³-hybridized carbons (Fsp3) is 0.438. The molecule has 7 heteroatoms. The van der Waals surface area contributed by atoms with Gasteiger partial charge in [-0.2, -0.15) is 0 Å². The Bertz CT molecular complexity index is 702. The van der Waals surface area contributed by atoms with Crippen LogP contribution in [0.1, 0.15) is 15.6 Å². The van der Waals surface area contributed by atoms with E-state index in [0.29, 0.717) is 26.0 Å². The number of aromatic nitrogens is 2. The van der Waals surface area contributed by atoms with Gasteiger partial charge >= 0.3 is 0 Å². The molecule has 0 aliphatic carbocycles. The molecule has 6 nitrogen and oxygen atoms in total. The van der Waals surface area contributed by atoms with Gasteiger partial charge in [-0.05, 0) is 37.1 Å². The molecule has 0 bridgehead atoms. The lowest BCUT2D eigenvalue weighted by molar-refractivity contribution is -0.126. The van der Waals surface area contributed by atoms with Crippen LogP contribution in [0.25, 0.3) is 0 Å². The van der Waals surface area contributed by atoms with Crippen molar-refractivity contribution in [1.82, 2.24) is 15.5 Å². The average molecular weight is 333 g/mol. The van der Waals surface area contributed by atoms with Crippen LogP contribution in [-0.4, -0.2) is 36.4 Å². The number of carbonyl (C=O) groups is 1. The fourth-order valence-corrected chi connectivity index (χ4v) is 3.25. The van der Waals surface area contributed by atoms with Crippen LogP contribution in [0.3, 0.4) is 0 Å². The Balaban J connectivity index is 1.54. The van der Waals surface area contributed by atoms with Gasteiger partial charge in [0.1, 0.15) is 28.1 Å². The quantitative estimate of drug-likeness (QED) is 0.903. The zero-order valence-corrected chi connectivity index (χ0v) is 14.0. The summed E-state index contributed by atoms with van der Waals surface area (Å²) < 4.78 is 10.9. The Kier molecular flexibility index (Phi) is 4.76. The number of nitrogens with zero attached hydrogens (tertiary/aromatic N) is 2. The van der Waals surface area contributed by atoms with Crippen LogP contribution in [0.4, 0.5) is 0 Å². The molecular weight excluding hydrogens is 314 g/mol. The van der Waals surface area contributed by atoms with Gasteiger partial charge in [0.2, 0.25) is 5.91 Å². The first-order valence-electron chi connectivity index (χ1n) is 7.52. The van der Waals surface area contributed by atoms with E-state index < -0.39 is 0 Å². The highest BCUT2D eigenvalue weighted by atomic mass is 32.1. The summed E-state index contributed by atoms with van der Waals surface area (Å²) in [5, 5.41) is 12.9. The van der Waals surface area contributed by atoms with Gasteiger partial charge < -0.3 is 14.8 Å². The van der Waals surface area contributed by atoms with Gasteiger partial charge in [0.25, 0.3) is 0 Å². The van der Waals surface area contributed by atoms with Gasteiger partial charge in [-0.15, -0.1) is 21.5 Å². The Hall–Kier alpha value is -2.15. The minimum absolute atomic E-state index is 0.0136. The molecule has 0 fully saturated rings. The number of nitrogens with one attached hydrogen (secondary N) is 1. The Morgan fingerprint density at radius 3 is 3.09 bits per heavy atom. The first kappa shape index (κ1) is 15.7. The highest BCUT2D eigenvalue weighted by Gasteiger charge is 2.26. The zero-order chi connectivity index (χ0) is 16.2. The Morgan fingerprint density at radius 1 is 1.48 bits per heavy atom. The first-order valence-corrected chi connectivity index (χ1v) is 8.34. The molecule has 1 atom stereocenters. The van der Waals surface area contributed by atoms with E-state index in [2.05, 4.69) is 15.5 Å². The summed E-state index contributed by atoms with van der Waals surface area (Å²) in [6.07, 6.45) is 1.37. The minimum Gasteiger partial charge on any atom is -0.497 e. The molecule has 1 N–H and O–H groups in total. The SMILES string of the molecule is COc1ccc2c(c1)C[C@@H](C(=O)NCCc1nnc(C)s1)CO2. The van der Waals surface area contributed by atoms with Gasteiger partial charge in [0.15, 0.2) is 0 Å². The molecule has 0 unspecified atom stereocenters. The van der Waals surface area contributed by atoms with Crippen molar-refractivity contribution in [1.29, 1.82) is 0 Å². The van der Waals surface area contributed by atoms with Crippen LogP contribution in [0.2, 0.25) is 0 Å². The van der Waals surface area contributed by atoms with Crippen LogP contribution in [0.5, 0.6) is 11.5 Å². The van der Waals surface area contributed by atoms with Crippen molar-refractivity contribution in [2.24, 2.45) is 5.92 Å². The lowest BCUT2D eigenvalue weighted by atomic mass is 9.96. The minimum atomic E-state index is -0.175. The fourth-order valence-electron chi connectivity index (χ4n) is 2.54. The molecule has 122 valence electrons. The molecule has 2 aromatic rings. The molecule has 0 spiro atoms. The van der Waals surface area contributed by atoms with E-state index >= 15 is 0 Å². The Labute approximate surface area is 138 Å². The number of benzene rings is 1. The molecule has 2 heterocycles. The molecule has 0 radical (unpaired) electrons. The lowest BCUT2D eigenvalue weighted by Crippen LogP contribution is -2.38. The molecule has 1 aliphatic heterocycles. The maximum absolute atomic E-state index is 12.3. The van der Waals surface area contributed by atoms with Gasteiger partial charge in [0, 0.05) is 13.0 Å². The smallest absolute Gasteiger partial charge is 0.226 e. The molecule has 1 amide bonds. The second-order valence-electron chi connectivity index (χ2n) is 5.44. The zero-order valence-electron chi connectivity index (χ0n) is 13.2. The van der Waals surface area contributed by atoms with Gasteiger partial charge in [-0.3, -0.25) is 4.79 Å². The number of methoxy groups -OCH3 is 1. The van der Waals surface area contributed by atoms with Crippen LogP contribution in [-0.2, 0) is 17.6 Å². The number of carbonyl (C=O) groups excluding carboxylic acids is 1. The highest BCUT2D eigenvalue weighted by molar-refractivity contribution is 7.11. The van der Waals surface area contributed by atoms with E-state index in [-0.39, 0.29) is 11.8 Å². The molecule has 0 saturated carbocycles. The van der Waals surface area contributed by atoms with E-state index in [1.54, 1.807) is 18.4 Å². The van der Waals surface area contributed by atoms with Crippen molar-refractivity contribution >= 4 is 17.2 Å². The summed E-state index contributed by atoms with van der Waals surface area (Å²) in [6, 6.07) is 5.68. The van der Waals surface area contributed by atoms with E-state index in [0.717, 1.165) is 27.1 Å². The Morgan fingerprint density at radius 2 is 2.35 bits per heavy atom. The third-order valence-electron chi connectivity index (χ3n) is 3.75. The van der Waals surface area contributed by atoms with Crippen LogP contribution >= 0.6 is 11.3 Å². The van der Waals surface area contributed by atoms with Crippen LogP contribution in [0.15, 0.2) is 18.2 Å². The van der Waals surface area contributed by atoms with Crippen molar-refractivity contribution in [2.45, 2.75) is 19.8 Å². The van der Waals surface area contributed by atoms with Crippen molar-refractivity contribution in [3.05, 3.63) is 33.8 Å². The summed E-state index contributed by atoms with van der Waals surface area (Å²) in [6.45, 7) is 2.89. The highest BCUT2D eigenvalue weighted by Crippen LogP contribution is 2.30. The van der Waals surface area contributed by atoms with Crippen LogP contribution < -0.4 is 14.8 Å². The maximum atomic E-state index is 12.3. The van der Waals surface area contributed by atoms with E-state index in [1.165, 1.54) is 0 Å². The van der Waals surface area contributed by atoms with Crippen LogP contribution in [0, 0.1) is 12.8 Å². The number of hydrogen-bond acceptors (Lipinski definition) is 6. The summed E-state index contributed by atoms with van der Waals surface area (Å²) in [4.78, 5) is 12.3. The standard InChI is InChI=1S/C16H19N3O3S/c1-10-18-19-15(23-10)5-6-17-16(20)12-7-11-8-13(21-2)3-4-14(11)22-9-12/h3-4,8,12H,5-7,9H2,1-2H3,(H,17,20)/t12-/m1/s1. The predicted octanol–water partition coefficient (Wildman–Crippen LogP) is 1.77. The lowest BCUT2D eigenvalue weighted by Gasteiger charge is -2.25. The van der Waals surface area contributed by atoms with Gasteiger partial charge in [-0.25, -0.2) is 0 Å². The van der Waals surface area contributed by atoms with Crippen molar-refractivity contribution in [3.63, 3.8) is 0 Å². The first-order chi connectivity index (χ1) is 11.2.